The van der Waals surface area contributed by atoms with Crippen LogP contribution in [0.4, 0.5) is 5.69 Å². The van der Waals surface area contributed by atoms with E-state index in [-0.39, 0.29) is 36.2 Å². The fourth-order valence-corrected chi connectivity index (χ4v) is 3.12. The topological polar surface area (TPSA) is 70.2 Å². The zero-order chi connectivity index (χ0) is 17.4. The first-order valence-corrected chi connectivity index (χ1v) is 9.02. The average molecular weight is 368 g/mol. The van der Waals surface area contributed by atoms with Gasteiger partial charge in [0.2, 0.25) is 5.91 Å². The van der Waals surface area contributed by atoms with Gasteiger partial charge in [-0.3, -0.25) is 9.59 Å². The molecule has 1 aromatic rings. The van der Waals surface area contributed by atoms with Gasteiger partial charge >= 0.3 is 0 Å². The summed E-state index contributed by atoms with van der Waals surface area (Å²) in [5.41, 5.74) is 1.26. The van der Waals surface area contributed by atoms with E-state index in [0.717, 1.165) is 32.2 Å². The Hall–Kier alpha value is -1.59. The molecule has 2 amide bonds. The first kappa shape index (κ1) is 21.5. The number of likely N-dealkylation sites (N-methyl/N-ethyl adjacent to an activating group) is 1. The third-order valence-electron chi connectivity index (χ3n) is 4.49. The van der Waals surface area contributed by atoms with Crippen LogP contribution in [0.2, 0.25) is 0 Å². The van der Waals surface area contributed by atoms with Gasteiger partial charge in [0, 0.05) is 29.8 Å². The Bertz CT molecular complexity index is 559. The zero-order valence-corrected chi connectivity index (χ0v) is 16.0. The SMILES string of the molecule is CCN[C@H](C)CNC(=O)c1cccc(NC(=O)C2CCCCC2)c1.Cl. The summed E-state index contributed by atoms with van der Waals surface area (Å²) in [6, 6.07) is 7.38. The molecule has 1 fully saturated rings. The van der Waals surface area contributed by atoms with E-state index in [1.54, 1.807) is 18.2 Å². The second kappa shape index (κ2) is 11.1. The number of carbonyl (C=O) groups is 2. The second-order valence-corrected chi connectivity index (χ2v) is 6.57. The fraction of sp³-hybridized carbons (Fsp3) is 0.579. The van der Waals surface area contributed by atoms with Gasteiger partial charge in [-0.2, -0.15) is 0 Å². The van der Waals surface area contributed by atoms with Gasteiger partial charge in [-0.25, -0.2) is 0 Å². The maximum Gasteiger partial charge on any atom is 0.251 e. The molecule has 6 heteroatoms. The highest BCUT2D eigenvalue weighted by atomic mass is 35.5. The van der Waals surface area contributed by atoms with E-state index in [1.807, 2.05) is 19.9 Å². The molecule has 1 aliphatic rings. The minimum absolute atomic E-state index is 0. The van der Waals surface area contributed by atoms with E-state index >= 15 is 0 Å². The summed E-state index contributed by atoms with van der Waals surface area (Å²) >= 11 is 0. The molecule has 1 saturated carbocycles. The van der Waals surface area contributed by atoms with Crippen LogP contribution in [0.5, 0.6) is 0 Å². The van der Waals surface area contributed by atoms with Crippen molar-refractivity contribution in [3.8, 4) is 0 Å². The van der Waals surface area contributed by atoms with Crippen molar-refractivity contribution in [2.75, 3.05) is 18.4 Å². The number of hydrogen-bond donors (Lipinski definition) is 3. The fourth-order valence-electron chi connectivity index (χ4n) is 3.12. The minimum Gasteiger partial charge on any atom is -0.350 e. The molecule has 3 N–H and O–H groups in total. The van der Waals surface area contributed by atoms with Crippen LogP contribution in [0, 0.1) is 5.92 Å². The average Bonchev–Trinajstić information content (AvgIpc) is 2.61. The summed E-state index contributed by atoms with van der Waals surface area (Å²) in [5, 5.41) is 9.13. The standard InChI is InChI=1S/C19H29N3O2.ClH/c1-3-20-14(2)13-21-18(23)16-10-7-11-17(12-16)22-19(24)15-8-5-4-6-9-15;/h7,10-12,14-15,20H,3-6,8-9,13H2,1-2H3,(H,21,23)(H,22,24);1H/t14-;/m1./s1. The lowest BCUT2D eigenvalue weighted by molar-refractivity contribution is -0.120. The van der Waals surface area contributed by atoms with Crippen molar-refractivity contribution in [2.45, 2.75) is 52.0 Å². The molecule has 140 valence electrons. The van der Waals surface area contributed by atoms with E-state index < -0.39 is 0 Å². The lowest BCUT2D eigenvalue weighted by Gasteiger charge is -2.20. The van der Waals surface area contributed by atoms with Crippen molar-refractivity contribution in [1.82, 2.24) is 10.6 Å². The van der Waals surface area contributed by atoms with Crippen LogP contribution in [-0.4, -0.2) is 30.9 Å². The summed E-state index contributed by atoms with van der Waals surface area (Å²) in [7, 11) is 0. The quantitative estimate of drug-likeness (QED) is 0.692. The zero-order valence-electron chi connectivity index (χ0n) is 15.1. The molecule has 0 heterocycles. The molecular formula is C19H30ClN3O2. The van der Waals surface area contributed by atoms with Gasteiger partial charge in [0.25, 0.3) is 5.91 Å². The summed E-state index contributed by atoms with van der Waals surface area (Å²) in [6.45, 7) is 5.52. The Labute approximate surface area is 156 Å². The molecule has 0 aromatic heterocycles. The molecule has 25 heavy (non-hydrogen) atoms. The molecule has 1 aromatic carbocycles. The van der Waals surface area contributed by atoms with Crippen molar-refractivity contribution in [3.05, 3.63) is 29.8 Å². The predicted molar refractivity (Wildman–Crippen MR) is 104 cm³/mol. The summed E-state index contributed by atoms with van der Waals surface area (Å²) in [6.07, 6.45) is 5.42. The van der Waals surface area contributed by atoms with Crippen molar-refractivity contribution in [3.63, 3.8) is 0 Å². The number of benzene rings is 1. The van der Waals surface area contributed by atoms with Crippen molar-refractivity contribution in [2.24, 2.45) is 5.92 Å². The van der Waals surface area contributed by atoms with Gasteiger partial charge in [0.1, 0.15) is 0 Å². The summed E-state index contributed by atoms with van der Waals surface area (Å²) < 4.78 is 0. The maximum atomic E-state index is 12.3. The largest absolute Gasteiger partial charge is 0.350 e. The minimum atomic E-state index is -0.117. The Balaban J connectivity index is 0.00000312. The molecule has 2 rings (SSSR count). The first-order valence-electron chi connectivity index (χ1n) is 9.02. The van der Waals surface area contributed by atoms with Gasteiger partial charge in [-0.1, -0.05) is 32.3 Å². The van der Waals surface area contributed by atoms with E-state index in [4.69, 9.17) is 0 Å². The van der Waals surface area contributed by atoms with Crippen molar-refractivity contribution in [1.29, 1.82) is 0 Å². The summed E-state index contributed by atoms with van der Waals surface area (Å²) in [5.74, 6) is 0.0683. The number of hydrogen-bond acceptors (Lipinski definition) is 3. The van der Waals surface area contributed by atoms with Gasteiger partial charge in [0.15, 0.2) is 0 Å². The maximum absolute atomic E-state index is 12.3. The van der Waals surface area contributed by atoms with Gasteiger partial charge < -0.3 is 16.0 Å². The highest BCUT2D eigenvalue weighted by Gasteiger charge is 2.21. The smallest absolute Gasteiger partial charge is 0.251 e. The lowest BCUT2D eigenvalue weighted by Crippen LogP contribution is -2.38. The molecule has 5 nitrogen and oxygen atoms in total. The van der Waals surface area contributed by atoms with Crippen LogP contribution in [0.1, 0.15) is 56.3 Å². The Morgan fingerprint density at radius 1 is 1.20 bits per heavy atom. The van der Waals surface area contributed by atoms with Crippen molar-refractivity contribution < 1.29 is 9.59 Å². The number of carbonyl (C=O) groups excluding carboxylic acids is 2. The molecule has 0 spiro atoms. The van der Waals surface area contributed by atoms with Crippen LogP contribution in [0.25, 0.3) is 0 Å². The van der Waals surface area contributed by atoms with Crippen molar-refractivity contribution >= 4 is 29.9 Å². The van der Waals surface area contributed by atoms with E-state index in [0.29, 0.717) is 17.8 Å². The Kier molecular flexibility index (Phi) is 9.53. The molecule has 1 aliphatic carbocycles. The second-order valence-electron chi connectivity index (χ2n) is 6.57. The molecule has 0 bridgehead atoms. The van der Waals surface area contributed by atoms with E-state index in [9.17, 15) is 9.59 Å². The number of anilines is 1. The molecular weight excluding hydrogens is 338 g/mol. The molecule has 0 aliphatic heterocycles. The van der Waals surface area contributed by atoms with Gasteiger partial charge in [0.05, 0.1) is 0 Å². The highest BCUT2D eigenvalue weighted by Crippen LogP contribution is 2.25. The molecule has 0 radical (unpaired) electrons. The van der Waals surface area contributed by atoms with E-state index in [2.05, 4.69) is 16.0 Å². The normalized spacial score (nSPS) is 15.8. The third-order valence-corrected chi connectivity index (χ3v) is 4.49. The van der Waals surface area contributed by atoms with Crippen LogP contribution < -0.4 is 16.0 Å². The molecule has 0 unspecified atom stereocenters. The predicted octanol–water partition coefficient (Wildman–Crippen LogP) is 3.36. The lowest BCUT2D eigenvalue weighted by atomic mass is 9.88. The highest BCUT2D eigenvalue weighted by molar-refractivity contribution is 5.97. The number of nitrogens with one attached hydrogen (secondary N) is 3. The molecule has 1 atom stereocenters. The van der Waals surface area contributed by atoms with Gasteiger partial charge in [-0.15, -0.1) is 12.4 Å². The van der Waals surface area contributed by atoms with Gasteiger partial charge in [-0.05, 0) is 44.5 Å². The Morgan fingerprint density at radius 3 is 2.60 bits per heavy atom. The number of amides is 2. The Morgan fingerprint density at radius 2 is 1.92 bits per heavy atom. The third kappa shape index (κ3) is 7.04. The summed E-state index contributed by atoms with van der Waals surface area (Å²) in [4.78, 5) is 24.6. The monoisotopic (exact) mass is 367 g/mol. The first-order chi connectivity index (χ1) is 11.6. The van der Waals surface area contributed by atoms with Crippen LogP contribution in [-0.2, 0) is 4.79 Å². The molecule has 0 saturated heterocycles. The number of rotatable bonds is 7. The van der Waals surface area contributed by atoms with Crippen LogP contribution >= 0.6 is 12.4 Å². The van der Waals surface area contributed by atoms with Crippen LogP contribution in [0.3, 0.4) is 0 Å². The van der Waals surface area contributed by atoms with Crippen LogP contribution in [0.15, 0.2) is 24.3 Å². The number of halogens is 1. The van der Waals surface area contributed by atoms with E-state index in [1.165, 1.54) is 6.42 Å².